The van der Waals surface area contributed by atoms with Gasteiger partial charge in [-0.3, -0.25) is 4.79 Å². The minimum Gasteiger partial charge on any atom is -0.342 e. The van der Waals surface area contributed by atoms with Crippen LogP contribution in [-0.4, -0.2) is 36.0 Å². The number of piperidine rings is 1. The van der Waals surface area contributed by atoms with E-state index in [0.29, 0.717) is 16.9 Å². The van der Waals surface area contributed by atoms with E-state index in [1.54, 1.807) is 0 Å². The minimum absolute atomic E-state index is 0.0996. The van der Waals surface area contributed by atoms with Gasteiger partial charge in [0.25, 0.3) is 0 Å². The summed E-state index contributed by atoms with van der Waals surface area (Å²) < 4.78 is 0. The number of carbonyl (C=O) groups is 1. The van der Waals surface area contributed by atoms with Gasteiger partial charge in [-0.25, -0.2) is 0 Å². The van der Waals surface area contributed by atoms with Gasteiger partial charge >= 0.3 is 0 Å². The number of nitrogens with zero attached hydrogens (tertiary/aromatic N) is 1. The van der Waals surface area contributed by atoms with Crippen LogP contribution in [0.5, 0.6) is 0 Å². The van der Waals surface area contributed by atoms with E-state index in [4.69, 9.17) is 0 Å². The van der Waals surface area contributed by atoms with E-state index in [2.05, 4.69) is 47.5 Å². The smallest absolute Gasteiger partial charge is 0.228 e. The van der Waals surface area contributed by atoms with E-state index in [-0.39, 0.29) is 10.8 Å². The molecule has 2 unspecified atom stereocenters. The van der Waals surface area contributed by atoms with Crippen molar-refractivity contribution in [3.63, 3.8) is 0 Å². The first-order valence-corrected chi connectivity index (χ1v) is 12.0. The molecule has 7 rings (SSSR count). The topological polar surface area (TPSA) is 32.3 Å². The van der Waals surface area contributed by atoms with Crippen LogP contribution < -0.4 is 5.32 Å². The van der Waals surface area contributed by atoms with Crippen molar-refractivity contribution in [3.05, 3.63) is 35.9 Å². The van der Waals surface area contributed by atoms with Crippen LogP contribution in [0.15, 0.2) is 30.3 Å². The highest BCUT2D eigenvalue weighted by Crippen LogP contribution is 2.70. The molecular weight excluding hydrogens is 356 g/mol. The molecule has 0 aromatic heterocycles. The number of hydrogen-bond donors (Lipinski definition) is 1. The third kappa shape index (κ3) is 2.76. The standard InChI is InChI=1S/C26H36N2O/c1-23-14-20-15-24(17-23,21-6-3-2-4-7-21)19-25(16-20,18-23)22(29)28-12-9-26(10-13-28)8-5-11-27-26/h2-4,6-7,20,27H,5,8-19H2,1H3/t20?,23-,24-,25?/m0/s1. The number of hydrogen-bond acceptors (Lipinski definition) is 2. The largest absolute Gasteiger partial charge is 0.342 e. The van der Waals surface area contributed by atoms with Crippen molar-refractivity contribution < 1.29 is 4.79 Å². The van der Waals surface area contributed by atoms with Crippen LogP contribution >= 0.6 is 0 Å². The maximum Gasteiger partial charge on any atom is 0.228 e. The molecule has 4 bridgehead atoms. The summed E-state index contributed by atoms with van der Waals surface area (Å²) in [5.41, 5.74) is 2.32. The van der Waals surface area contributed by atoms with Crippen LogP contribution in [0.25, 0.3) is 0 Å². The average Bonchev–Trinajstić information content (AvgIpc) is 3.15. The first-order chi connectivity index (χ1) is 13.9. The molecule has 6 aliphatic rings. The second-order valence-electron chi connectivity index (χ2n) is 11.8. The van der Waals surface area contributed by atoms with Gasteiger partial charge in [0.15, 0.2) is 0 Å². The summed E-state index contributed by atoms with van der Waals surface area (Å²) in [6.45, 7) is 5.59. The van der Waals surface area contributed by atoms with Gasteiger partial charge in [0, 0.05) is 18.6 Å². The average molecular weight is 393 g/mol. The van der Waals surface area contributed by atoms with Gasteiger partial charge in [-0.2, -0.15) is 0 Å². The molecule has 29 heavy (non-hydrogen) atoms. The van der Waals surface area contributed by atoms with E-state index < -0.39 is 0 Å². The number of nitrogens with one attached hydrogen (secondary N) is 1. The highest BCUT2D eigenvalue weighted by molar-refractivity contribution is 5.84. The normalized spacial score (nSPS) is 42.5. The van der Waals surface area contributed by atoms with Gasteiger partial charge in [0.2, 0.25) is 5.91 Å². The first-order valence-electron chi connectivity index (χ1n) is 12.0. The molecule has 1 aromatic rings. The quantitative estimate of drug-likeness (QED) is 0.794. The summed E-state index contributed by atoms with van der Waals surface area (Å²) in [6, 6.07) is 11.2. The van der Waals surface area contributed by atoms with Gasteiger partial charge in [-0.1, -0.05) is 37.3 Å². The maximum atomic E-state index is 14.1. The molecule has 4 aliphatic carbocycles. The van der Waals surface area contributed by atoms with E-state index in [9.17, 15) is 4.79 Å². The summed E-state index contributed by atoms with van der Waals surface area (Å²) >= 11 is 0. The summed E-state index contributed by atoms with van der Waals surface area (Å²) in [5, 5.41) is 3.76. The molecule has 156 valence electrons. The maximum absolute atomic E-state index is 14.1. The van der Waals surface area contributed by atoms with Gasteiger partial charge in [0.05, 0.1) is 5.41 Å². The second kappa shape index (κ2) is 6.09. The SMILES string of the molecule is C[C@@]12CC3CC(C(=O)N4CCC5(CCCN5)CC4)(C1)C[C@](c1ccccc1)(C3)C2. The van der Waals surface area contributed by atoms with Crippen molar-refractivity contribution in [3.8, 4) is 0 Å². The Kier molecular flexibility index (Phi) is 3.87. The van der Waals surface area contributed by atoms with E-state index >= 15 is 0 Å². The Hall–Kier alpha value is -1.35. The van der Waals surface area contributed by atoms with Crippen molar-refractivity contribution in [1.29, 1.82) is 0 Å². The highest BCUT2D eigenvalue weighted by atomic mass is 16.2. The minimum atomic E-state index is -0.0996. The number of carbonyl (C=O) groups excluding carboxylic acids is 1. The Morgan fingerprint density at radius 2 is 1.79 bits per heavy atom. The molecular formula is C26H36N2O. The molecule has 2 aliphatic heterocycles. The Balaban J connectivity index is 1.29. The van der Waals surface area contributed by atoms with Gasteiger partial charge in [-0.15, -0.1) is 0 Å². The lowest BCUT2D eigenvalue weighted by Gasteiger charge is -2.66. The zero-order valence-electron chi connectivity index (χ0n) is 18.0. The molecule has 1 aromatic carbocycles. The molecule has 2 heterocycles. The number of rotatable bonds is 2. The summed E-state index contributed by atoms with van der Waals surface area (Å²) in [5.74, 6) is 1.24. The van der Waals surface area contributed by atoms with Crippen molar-refractivity contribution in [2.75, 3.05) is 19.6 Å². The van der Waals surface area contributed by atoms with Crippen molar-refractivity contribution in [2.45, 2.75) is 82.1 Å². The molecule has 1 spiro atoms. The lowest BCUT2D eigenvalue weighted by molar-refractivity contribution is -0.172. The molecule has 3 heteroatoms. The van der Waals surface area contributed by atoms with Crippen LogP contribution in [0.4, 0.5) is 0 Å². The first kappa shape index (κ1) is 18.4. The summed E-state index contributed by atoms with van der Waals surface area (Å²) in [4.78, 5) is 16.4. The fraction of sp³-hybridized carbons (Fsp3) is 0.731. The third-order valence-corrected chi connectivity index (χ3v) is 9.53. The van der Waals surface area contributed by atoms with Crippen molar-refractivity contribution >= 4 is 5.91 Å². The monoisotopic (exact) mass is 392 g/mol. The lowest BCUT2D eigenvalue weighted by atomic mass is 9.38. The summed E-state index contributed by atoms with van der Waals surface area (Å²) in [6.07, 6.45) is 12.2. The van der Waals surface area contributed by atoms with Crippen LogP contribution in [0.3, 0.4) is 0 Å². The van der Waals surface area contributed by atoms with Gasteiger partial charge in [0.1, 0.15) is 0 Å². The zero-order valence-corrected chi connectivity index (χ0v) is 18.0. The predicted octanol–water partition coefficient (Wildman–Crippen LogP) is 4.66. The zero-order chi connectivity index (χ0) is 19.7. The van der Waals surface area contributed by atoms with Crippen LogP contribution in [-0.2, 0) is 10.2 Å². The highest BCUT2D eigenvalue weighted by Gasteiger charge is 2.65. The van der Waals surface area contributed by atoms with Crippen LogP contribution in [0.1, 0.15) is 76.7 Å². The molecule has 0 radical (unpaired) electrons. The van der Waals surface area contributed by atoms with Gasteiger partial charge < -0.3 is 10.2 Å². The lowest BCUT2D eigenvalue weighted by Crippen LogP contribution is -2.63. The fourth-order valence-electron chi connectivity index (χ4n) is 9.04. The molecule has 1 amide bonds. The van der Waals surface area contributed by atoms with Crippen molar-refractivity contribution in [1.82, 2.24) is 10.2 Å². The molecule has 4 saturated carbocycles. The molecule has 2 saturated heterocycles. The number of amides is 1. The van der Waals surface area contributed by atoms with E-state index in [0.717, 1.165) is 57.7 Å². The number of likely N-dealkylation sites (tertiary alicyclic amines) is 1. The van der Waals surface area contributed by atoms with Crippen LogP contribution in [0, 0.1) is 16.7 Å². The molecule has 4 atom stereocenters. The Morgan fingerprint density at radius 3 is 2.48 bits per heavy atom. The summed E-state index contributed by atoms with van der Waals surface area (Å²) in [7, 11) is 0. The van der Waals surface area contributed by atoms with Crippen molar-refractivity contribution in [2.24, 2.45) is 16.7 Å². The Bertz CT molecular complexity index is 805. The van der Waals surface area contributed by atoms with Gasteiger partial charge in [-0.05, 0) is 93.1 Å². The van der Waals surface area contributed by atoms with E-state index in [1.165, 1.54) is 37.7 Å². The predicted molar refractivity (Wildman–Crippen MR) is 116 cm³/mol. The third-order valence-electron chi connectivity index (χ3n) is 9.53. The molecule has 3 nitrogen and oxygen atoms in total. The molecule has 6 fully saturated rings. The fourth-order valence-corrected chi connectivity index (χ4v) is 9.04. The Morgan fingerprint density at radius 1 is 1.00 bits per heavy atom. The molecule has 1 N–H and O–H groups in total. The number of benzene rings is 1. The van der Waals surface area contributed by atoms with E-state index in [1.807, 2.05) is 0 Å². The Labute approximate surface area is 175 Å². The second-order valence-corrected chi connectivity index (χ2v) is 11.8. The van der Waals surface area contributed by atoms with Crippen LogP contribution in [0.2, 0.25) is 0 Å².